The number of nitrogens with one attached hydrogen (secondary N) is 1. The lowest BCUT2D eigenvalue weighted by molar-refractivity contribution is -0.112. The van der Waals surface area contributed by atoms with Crippen LogP contribution in [0.3, 0.4) is 0 Å². The Hall–Kier alpha value is -0.870. The van der Waals surface area contributed by atoms with Crippen LogP contribution < -0.4 is 5.32 Å². The number of benzene rings is 1. The number of fused-ring (bicyclic) bond motifs is 1. The Kier molecular flexibility index (Phi) is 3.30. The maximum Gasteiger partial charge on any atom is 0.207 e. The minimum absolute atomic E-state index is 0.0162. The van der Waals surface area contributed by atoms with Crippen molar-refractivity contribution in [1.82, 2.24) is 5.32 Å². The van der Waals surface area contributed by atoms with Gasteiger partial charge in [0.25, 0.3) is 0 Å². The molecule has 0 fully saturated rings. The molecule has 86 valence electrons. The number of rotatable bonds is 3. The van der Waals surface area contributed by atoms with Crippen LogP contribution in [0, 0.1) is 0 Å². The molecule has 1 aliphatic rings. The Morgan fingerprint density at radius 2 is 2.38 bits per heavy atom. The van der Waals surface area contributed by atoms with Gasteiger partial charge in [0.2, 0.25) is 6.41 Å². The van der Waals surface area contributed by atoms with E-state index in [1.54, 1.807) is 0 Å². The van der Waals surface area contributed by atoms with Crippen molar-refractivity contribution in [2.45, 2.75) is 24.8 Å². The quantitative estimate of drug-likeness (QED) is 0.825. The molecule has 0 aromatic heterocycles. The van der Waals surface area contributed by atoms with Crippen molar-refractivity contribution < 1.29 is 9.90 Å². The molecule has 16 heavy (non-hydrogen) atoms. The standard InChI is InChI=1S/C12H14BrNO2/c13-11-3-1-2-9-6-12(7-15,14-8-16)5-4-10(9)11/h1-3,8,15H,4-7H2,(H,14,16). The van der Waals surface area contributed by atoms with Crippen LogP contribution in [0.5, 0.6) is 0 Å². The zero-order valence-corrected chi connectivity index (χ0v) is 10.5. The molecular formula is C12H14BrNO2. The number of aliphatic hydroxyl groups excluding tert-OH is 1. The minimum atomic E-state index is -0.477. The topological polar surface area (TPSA) is 49.3 Å². The van der Waals surface area contributed by atoms with Crippen LogP contribution in [0.15, 0.2) is 22.7 Å². The molecule has 1 atom stereocenters. The number of aliphatic hydroxyl groups is 1. The zero-order valence-electron chi connectivity index (χ0n) is 8.87. The molecule has 0 bridgehead atoms. The van der Waals surface area contributed by atoms with Crippen LogP contribution in [0.1, 0.15) is 17.5 Å². The monoisotopic (exact) mass is 283 g/mol. The Morgan fingerprint density at radius 3 is 3.06 bits per heavy atom. The number of amides is 1. The van der Waals surface area contributed by atoms with Crippen LogP contribution in [0.4, 0.5) is 0 Å². The summed E-state index contributed by atoms with van der Waals surface area (Å²) in [7, 11) is 0. The van der Waals surface area contributed by atoms with Crippen LogP contribution in [-0.2, 0) is 17.6 Å². The van der Waals surface area contributed by atoms with E-state index in [0.29, 0.717) is 12.8 Å². The normalized spacial score (nSPS) is 23.6. The van der Waals surface area contributed by atoms with Crippen molar-refractivity contribution in [2.75, 3.05) is 6.61 Å². The lowest BCUT2D eigenvalue weighted by Gasteiger charge is -2.36. The summed E-state index contributed by atoms with van der Waals surface area (Å²) < 4.78 is 1.11. The highest BCUT2D eigenvalue weighted by Gasteiger charge is 2.33. The largest absolute Gasteiger partial charge is 0.394 e. The van der Waals surface area contributed by atoms with E-state index in [4.69, 9.17) is 0 Å². The van der Waals surface area contributed by atoms with E-state index in [9.17, 15) is 9.90 Å². The van der Waals surface area contributed by atoms with E-state index in [1.165, 1.54) is 11.1 Å². The highest BCUT2D eigenvalue weighted by molar-refractivity contribution is 9.10. The third-order valence-electron chi connectivity index (χ3n) is 3.27. The average molecular weight is 284 g/mol. The molecule has 2 N–H and O–H groups in total. The fraction of sp³-hybridized carbons (Fsp3) is 0.417. The Bertz CT molecular complexity index is 408. The summed E-state index contributed by atoms with van der Waals surface area (Å²) >= 11 is 3.53. The number of halogens is 1. The maximum atomic E-state index is 10.6. The first kappa shape index (κ1) is 11.6. The van der Waals surface area contributed by atoms with E-state index in [0.717, 1.165) is 17.3 Å². The van der Waals surface area contributed by atoms with Gasteiger partial charge in [0.05, 0.1) is 12.1 Å². The predicted octanol–water partition coefficient (Wildman–Crippen LogP) is 1.41. The molecule has 1 amide bonds. The van der Waals surface area contributed by atoms with Crippen LogP contribution in [0.2, 0.25) is 0 Å². The molecule has 0 saturated heterocycles. The van der Waals surface area contributed by atoms with Gasteiger partial charge in [0, 0.05) is 4.47 Å². The van der Waals surface area contributed by atoms with Gasteiger partial charge in [0.15, 0.2) is 0 Å². The maximum absolute atomic E-state index is 10.6. The molecule has 1 unspecified atom stereocenters. The van der Waals surface area contributed by atoms with Crippen LogP contribution in [0.25, 0.3) is 0 Å². The highest BCUT2D eigenvalue weighted by Crippen LogP contribution is 2.32. The summed E-state index contributed by atoms with van der Waals surface area (Å²) in [5, 5.41) is 12.2. The molecule has 0 saturated carbocycles. The van der Waals surface area contributed by atoms with Gasteiger partial charge in [-0.05, 0) is 36.5 Å². The Labute approximate surface area is 103 Å². The van der Waals surface area contributed by atoms with Gasteiger partial charge in [-0.3, -0.25) is 4.79 Å². The number of hydrogen-bond acceptors (Lipinski definition) is 2. The molecule has 3 nitrogen and oxygen atoms in total. The molecule has 2 rings (SSSR count). The third kappa shape index (κ3) is 1.99. The van der Waals surface area contributed by atoms with E-state index < -0.39 is 5.54 Å². The van der Waals surface area contributed by atoms with Crippen LogP contribution in [-0.4, -0.2) is 23.7 Å². The molecule has 4 heteroatoms. The molecule has 1 aromatic carbocycles. The second-order valence-corrected chi connectivity index (χ2v) is 5.11. The zero-order chi connectivity index (χ0) is 11.6. The lowest BCUT2D eigenvalue weighted by atomic mass is 9.78. The molecule has 0 radical (unpaired) electrons. The van der Waals surface area contributed by atoms with Gasteiger partial charge < -0.3 is 10.4 Å². The summed E-state index contributed by atoms with van der Waals surface area (Å²) in [4.78, 5) is 10.6. The summed E-state index contributed by atoms with van der Waals surface area (Å²) in [5.41, 5.74) is 2.01. The van der Waals surface area contributed by atoms with Gasteiger partial charge in [0.1, 0.15) is 0 Å². The molecule has 1 aromatic rings. The molecular weight excluding hydrogens is 270 g/mol. The lowest BCUT2D eigenvalue weighted by Crippen LogP contribution is -2.52. The summed E-state index contributed by atoms with van der Waals surface area (Å²) in [6.07, 6.45) is 3.02. The van der Waals surface area contributed by atoms with Gasteiger partial charge >= 0.3 is 0 Å². The molecule has 1 aliphatic carbocycles. The Morgan fingerprint density at radius 1 is 1.56 bits per heavy atom. The fourth-order valence-electron chi connectivity index (χ4n) is 2.29. The van der Waals surface area contributed by atoms with E-state index in [1.807, 2.05) is 12.1 Å². The molecule has 0 heterocycles. The van der Waals surface area contributed by atoms with E-state index >= 15 is 0 Å². The minimum Gasteiger partial charge on any atom is -0.394 e. The SMILES string of the molecule is O=CNC1(CO)CCc2c(Br)cccc2C1. The number of hydrogen-bond donors (Lipinski definition) is 2. The van der Waals surface area contributed by atoms with Crippen molar-refractivity contribution in [3.8, 4) is 0 Å². The van der Waals surface area contributed by atoms with Gasteiger partial charge in [-0.15, -0.1) is 0 Å². The van der Waals surface area contributed by atoms with Crippen molar-refractivity contribution >= 4 is 22.3 Å². The Balaban J connectivity index is 2.32. The summed E-state index contributed by atoms with van der Waals surface area (Å²) in [6, 6.07) is 6.06. The second-order valence-electron chi connectivity index (χ2n) is 4.25. The predicted molar refractivity (Wildman–Crippen MR) is 65.2 cm³/mol. The van der Waals surface area contributed by atoms with E-state index in [-0.39, 0.29) is 6.61 Å². The smallest absolute Gasteiger partial charge is 0.207 e. The number of carbonyl (C=O) groups is 1. The highest BCUT2D eigenvalue weighted by atomic mass is 79.9. The van der Waals surface area contributed by atoms with E-state index in [2.05, 4.69) is 27.3 Å². The summed E-state index contributed by atoms with van der Waals surface area (Å²) in [6.45, 7) is -0.0162. The van der Waals surface area contributed by atoms with Crippen LogP contribution >= 0.6 is 15.9 Å². The first-order valence-electron chi connectivity index (χ1n) is 5.29. The molecule has 0 spiro atoms. The van der Waals surface area contributed by atoms with Crippen molar-refractivity contribution in [2.24, 2.45) is 0 Å². The fourth-order valence-corrected chi connectivity index (χ4v) is 2.90. The van der Waals surface area contributed by atoms with Gasteiger partial charge in [-0.2, -0.15) is 0 Å². The van der Waals surface area contributed by atoms with Crippen molar-refractivity contribution in [3.63, 3.8) is 0 Å². The second kappa shape index (κ2) is 4.55. The first-order chi connectivity index (χ1) is 7.71. The summed E-state index contributed by atoms with van der Waals surface area (Å²) in [5.74, 6) is 0. The van der Waals surface area contributed by atoms with Gasteiger partial charge in [-0.25, -0.2) is 0 Å². The molecule has 0 aliphatic heterocycles. The van der Waals surface area contributed by atoms with Crippen molar-refractivity contribution in [1.29, 1.82) is 0 Å². The average Bonchev–Trinajstić information content (AvgIpc) is 2.29. The first-order valence-corrected chi connectivity index (χ1v) is 6.08. The van der Waals surface area contributed by atoms with Crippen molar-refractivity contribution in [3.05, 3.63) is 33.8 Å². The third-order valence-corrected chi connectivity index (χ3v) is 4.01. The number of carbonyl (C=O) groups excluding carboxylic acids is 1. The van der Waals surface area contributed by atoms with Gasteiger partial charge in [-0.1, -0.05) is 28.1 Å².